The van der Waals surface area contributed by atoms with Crippen molar-refractivity contribution in [3.05, 3.63) is 52.9 Å². The fourth-order valence-corrected chi connectivity index (χ4v) is 4.13. The maximum absolute atomic E-state index is 6.44. The first-order chi connectivity index (χ1) is 12.7. The Morgan fingerprint density at radius 2 is 1.96 bits per heavy atom. The standard InChI is InChI=1S/C17H12Cl2N6S/c1-20-17-21-5-4-13(24-17)14-7-11(10-3-2-9(18)6-12(10)19)15(26-14)16-22-8-23-25-16/h2-8H,1H3,(H,20,21,24)(H,22,23,25). The summed E-state index contributed by atoms with van der Waals surface area (Å²) >= 11 is 14.0. The summed E-state index contributed by atoms with van der Waals surface area (Å²) in [6.45, 7) is 0. The molecule has 9 heteroatoms. The summed E-state index contributed by atoms with van der Waals surface area (Å²) in [6.07, 6.45) is 3.20. The highest BCUT2D eigenvalue weighted by Gasteiger charge is 2.19. The van der Waals surface area contributed by atoms with Crippen molar-refractivity contribution in [3.63, 3.8) is 0 Å². The van der Waals surface area contributed by atoms with E-state index >= 15 is 0 Å². The van der Waals surface area contributed by atoms with Crippen LogP contribution < -0.4 is 5.32 Å². The lowest BCUT2D eigenvalue weighted by Gasteiger charge is -2.05. The molecule has 0 radical (unpaired) electrons. The molecule has 0 aliphatic rings. The van der Waals surface area contributed by atoms with Crippen molar-refractivity contribution in [2.24, 2.45) is 0 Å². The van der Waals surface area contributed by atoms with Gasteiger partial charge in [-0.3, -0.25) is 5.10 Å². The van der Waals surface area contributed by atoms with E-state index in [9.17, 15) is 0 Å². The lowest BCUT2D eigenvalue weighted by molar-refractivity contribution is 1.10. The van der Waals surface area contributed by atoms with Gasteiger partial charge in [0.25, 0.3) is 0 Å². The van der Waals surface area contributed by atoms with E-state index in [-0.39, 0.29) is 0 Å². The van der Waals surface area contributed by atoms with E-state index in [0.717, 1.165) is 26.6 Å². The maximum atomic E-state index is 6.44. The third kappa shape index (κ3) is 3.16. The van der Waals surface area contributed by atoms with E-state index in [1.54, 1.807) is 30.6 Å². The van der Waals surface area contributed by atoms with Crippen LogP contribution in [-0.4, -0.2) is 32.2 Å². The maximum Gasteiger partial charge on any atom is 0.222 e. The van der Waals surface area contributed by atoms with Crippen LogP contribution >= 0.6 is 34.5 Å². The summed E-state index contributed by atoms with van der Waals surface area (Å²) < 4.78 is 0. The molecule has 0 aliphatic heterocycles. The predicted molar refractivity (Wildman–Crippen MR) is 106 cm³/mol. The Balaban J connectivity index is 1.91. The summed E-state index contributed by atoms with van der Waals surface area (Å²) in [5.74, 6) is 1.23. The van der Waals surface area contributed by atoms with Crippen molar-refractivity contribution < 1.29 is 0 Å². The second kappa shape index (κ2) is 7.03. The van der Waals surface area contributed by atoms with E-state index in [1.165, 1.54) is 6.33 Å². The highest BCUT2D eigenvalue weighted by Crippen LogP contribution is 2.44. The smallest absolute Gasteiger partial charge is 0.222 e. The number of aromatic nitrogens is 5. The number of nitrogens with one attached hydrogen (secondary N) is 2. The summed E-state index contributed by atoms with van der Waals surface area (Å²) in [4.78, 5) is 14.9. The summed E-state index contributed by atoms with van der Waals surface area (Å²) in [5.41, 5.74) is 2.62. The molecule has 4 rings (SSSR count). The molecule has 4 aromatic rings. The molecule has 0 fully saturated rings. The van der Waals surface area contributed by atoms with Gasteiger partial charge in [-0.05, 0) is 24.3 Å². The van der Waals surface area contributed by atoms with Crippen LogP contribution in [-0.2, 0) is 0 Å². The number of anilines is 1. The molecule has 0 bridgehead atoms. The highest BCUT2D eigenvalue weighted by molar-refractivity contribution is 7.19. The lowest BCUT2D eigenvalue weighted by Crippen LogP contribution is -1.95. The van der Waals surface area contributed by atoms with Gasteiger partial charge in [-0.2, -0.15) is 5.10 Å². The van der Waals surface area contributed by atoms with Crippen LogP contribution in [0.5, 0.6) is 0 Å². The first-order valence-electron chi connectivity index (χ1n) is 7.62. The Hall–Kier alpha value is -2.48. The highest BCUT2D eigenvalue weighted by atomic mass is 35.5. The molecule has 26 heavy (non-hydrogen) atoms. The van der Waals surface area contributed by atoms with E-state index in [1.807, 2.05) is 24.3 Å². The van der Waals surface area contributed by atoms with E-state index < -0.39 is 0 Å². The van der Waals surface area contributed by atoms with Gasteiger partial charge >= 0.3 is 0 Å². The van der Waals surface area contributed by atoms with E-state index in [2.05, 4.69) is 30.5 Å². The zero-order chi connectivity index (χ0) is 18.1. The van der Waals surface area contributed by atoms with Crippen LogP contribution in [0.15, 0.2) is 42.9 Å². The minimum Gasteiger partial charge on any atom is -0.357 e. The fourth-order valence-electron chi connectivity index (χ4n) is 2.53. The number of hydrogen-bond donors (Lipinski definition) is 2. The van der Waals surface area contributed by atoms with Gasteiger partial charge in [-0.25, -0.2) is 15.0 Å². The average Bonchev–Trinajstić information content (AvgIpc) is 3.31. The summed E-state index contributed by atoms with van der Waals surface area (Å²) in [5, 5.41) is 11.0. The van der Waals surface area contributed by atoms with E-state index in [0.29, 0.717) is 21.8 Å². The van der Waals surface area contributed by atoms with Crippen LogP contribution in [0.25, 0.3) is 32.4 Å². The molecule has 0 unspecified atom stereocenters. The third-order valence-corrected chi connectivity index (χ3v) is 5.43. The number of H-pyrrole nitrogens is 1. The molecule has 0 spiro atoms. The Bertz CT molecular complexity index is 1060. The number of thiophene rings is 1. The van der Waals surface area contributed by atoms with Crippen molar-refractivity contribution in [3.8, 4) is 32.4 Å². The zero-order valence-corrected chi connectivity index (χ0v) is 15.8. The molecule has 0 saturated heterocycles. The molecule has 3 heterocycles. The normalized spacial score (nSPS) is 10.9. The Morgan fingerprint density at radius 1 is 1.08 bits per heavy atom. The van der Waals surface area contributed by atoms with Gasteiger partial charge in [0.05, 0.1) is 15.4 Å². The van der Waals surface area contributed by atoms with Gasteiger partial charge in [-0.1, -0.05) is 29.3 Å². The third-order valence-electron chi connectivity index (χ3n) is 3.72. The molecule has 6 nitrogen and oxygen atoms in total. The molecule has 3 aromatic heterocycles. The second-order valence-corrected chi connectivity index (χ2v) is 7.22. The van der Waals surface area contributed by atoms with Crippen LogP contribution in [0.3, 0.4) is 0 Å². The number of benzene rings is 1. The van der Waals surface area contributed by atoms with Crippen molar-refractivity contribution in [1.82, 2.24) is 25.1 Å². The van der Waals surface area contributed by atoms with Crippen molar-refractivity contribution in [1.29, 1.82) is 0 Å². The fraction of sp³-hybridized carbons (Fsp3) is 0.0588. The monoisotopic (exact) mass is 402 g/mol. The molecule has 0 saturated carbocycles. The van der Waals surface area contributed by atoms with Crippen molar-refractivity contribution in [2.45, 2.75) is 0 Å². The number of hydrogen-bond acceptors (Lipinski definition) is 6. The van der Waals surface area contributed by atoms with Crippen LogP contribution in [0.1, 0.15) is 0 Å². The summed E-state index contributed by atoms with van der Waals surface area (Å²) in [7, 11) is 1.78. The van der Waals surface area contributed by atoms with Gasteiger partial charge in [-0.15, -0.1) is 11.3 Å². The van der Waals surface area contributed by atoms with Crippen LogP contribution in [0.4, 0.5) is 5.95 Å². The Kier molecular flexibility index (Phi) is 4.58. The Labute approximate surface area is 163 Å². The van der Waals surface area contributed by atoms with Gasteiger partial charge in [0.2, 0.25) is 5.95 Å². The molecule has 2 N–H and O–H groups in total. The number of aromatic amines is 1. The van der Waals surface area contributed by atoms with Gasteiger partial charge in [0, 0.05) is 34.4 Å². The molecule has 1 aromatic carbocycles. The molecule has 0 atom stereocenters. The Morgan fingerprint density at radius 3 is 2.69 bits per heavy atom. The zero-order valence-electron chi connectivity index (χ0n) is 13.5. The number of halogens is 2. The van der Waals surface area contributed by atoms with Gasteiger partial charge in [0.15, 0.2) is 5.82 Å². The van der Waals surface area contributed by atoms with Crippen LogP contribution in [0, 0.1) is 0 Å². The minimum atomic E-state index is 0.559. The van der Waals surface area contributed by atoms with Crippen LogP contribution in [0.2, 0.25) is 10.0 Å². The first kappa shape index (κ1) is 17.0. The minimum absolute atomic E-state index is 0.559. The van der Waals surface area contributed by atoms with Gasteiger partial charge < -0.3 is 5.32 Å². The molecular formula is C17H12Cl2N6S. The first-order valence-corrected chi connectivity index (χ1v) is 9.19. The average molecular weight is 403 g/mol. The molecule has 130 valence electrons. The lowest BCUT2D eigenvalue weighted by atomic mass is 10.1. The number of nitrogens with zero attached hydrogens (tertiary/aromatic N) is 4. The number of rotatable bonds is 4. The van der Waals surface area contributed by atoms with Crippen molar-refractivity contribution in [2.75, 3.05) is 12.4 Å². The molecular weight excluding hydrogens is 391 g/mol. The quantitative estimate of drug-likeness (QED) is 0.501. The van der Waals surface area contributed by atoms with Gasteiger partial charge in [0.1, 0.15) is 6.33 Å². The SMILES string of the molecule is CNc1nccc(-c2cc(-c3ccc(Cl)cc3Cl)c(-c3ncn[nH]3)s2)n1. The molecule has 0 aliphatic carbocycles. The second-order valence-electron chi connectivity index (χ2n) is 5.33. The topological polar surface area (TPSA) is 79.4 Å². The predicted octanol–water partition coefficient (Wildman–Crippen LogP) is 5.01. The summed E-state index contributed by atoms with van der Waals surface area (Å²) in [6, 6.07) is 9.34. The van der Waals surface area contributed by atoms with E-state index in [4.69, 9.17) is 23.2 Å². The van der Waals surface area contributed by atoms with Crippen molar-refractivity contribution >= 4 is 40.5 Å². The largest absolute Gasteiger partial charge is 0.357 e. The molecule has 0 amide bonds.